The van der Waals surface area contributed by atoms with E-state index >= 15 is 0 Å². The highest BCUT2D eigenvalue weighted by Crippen LogP contribution is 2.35. The van der Waals surface area contributed by atoms with Crippen LogP contribution in [0.1, 0.15) is 26.2 Å². The summed E-state index contributed by atoms with van der Waals surface area (Å²) in [6.45, 7) is 0.741. The molecule has 0 heterocycles. The van der Waals surface area contributed by atoms with E-state index in [0.717, 1.165) is 12.8 Å². The molecule has 0 aromatic heterocycles. The molecule has 14 heavy (non-hydrogen) atoms. The molecule has 0 spiro atoms. The zero-order valence-corrected chi connectivity index (χ0v) is 7.99. The van der Waals surface area contributed by atoms with Gasteiger partial charge in [-0.05, 0) is 18.8 Å². The van der Waals surface area contributed by atoms with Crippen molar-refractivity contribution < 1.29 is 13.2 Å². The Hall–Kier alpha value is -0.760. The van der Waals surface area contributed by atoms with Gasteiger partial charge in [0.2, 0.25) is 0 Å². The monoisotopic (exact) mass is 206 g/mol. The van der Waals surface area contributed by atoms with E-state index in [1.807, 2.05) is 13.0 Å². The summed E-state index contributed by atoms with van der Waals surface area (Å²) >= 11 is 0. The zero-order chi connectivity index (χ0) is 10.8. The molecule has 0 amide bonds. The van der Waals surface area contributed by atoms with Crippen LogP contribution in [0.25, 0.3) is 0 Å². The number of nitrogens with one attached hydrogen (secondary N) is 1. The van der Waals surface area contributed by atoms with E-state index in [9.17, 15) is 13.2 Å². The van der Waals surface area contributed by atoms with Gasteiger partial charge in [-0.1, -0.05) is 13.3 Å². The lowest BCUT2D eigenvalue weighted by atomic mass is 9.90. The molecule has 0 radical (unpaired) electrons. The topological polar surface area (TPSA) is 35.8 Å². The molecule has 2 atom stereocenters. The second-order valence-electron chi connectivity index (χ2n) is 3.85. The van der Waals surface area contributed by atoms with Crippen LogP contribution in [0, 0.1) is 17.2 Å². The van der Waals surface area contributed by atoms with Gasteiger partial charge in [0.15, 0.2) is 0 Å². The number of nitrogens with zero attached hydrogens (tertiary/aromatic N) is 1. The summed E-state index contributed by atoms with van der Waals surface area (Å²) in [6, 6.07) is 1.99. The van der Waals surface area contributed by atoms with Crippen LogP contribution in [0.3, 0.4) is 0 Å². The second-order valence-corrected chi connectivity index (χ2v) is 3.85. The molecule has 2 nitrogen and oxygen atoms in total. The van der Waals surface area contributed by atoms with E-state index < -0.39 is 18.3 Å². The minimum Gasteiger partial charge on any atom is -0.291 e. The average molecular weight is 206 g/mol. The van der Waals surface area contributed by atoms with Crippen molar-refractivity contribution in [2.24, 2.45) is 5.92 Å². The molecule has 1 saturated carbocycles. The van der Waals surface area contributed by atoms with E-state index in [1.54, 1.807) is 0 Å². The SMILES string of the molecule is CC1CCCC1(C#N)NCC(F)(F)F. The molecule has 0 saturated heterocycles. The van der Waals surface area contributed by atoms with E-state index in [4.69, 9.17) is 5.26 Å². The van der Waals surface area contributed by atoms with Crippen LogP contribution in [0.15, 0.2) is 0 Å². The molecule has 80 valence electrons. The number of hydrogen-bond donors (Lipinski definition) is 1. The molecule has 5 heteroatoms. The van der Waals surface area contributed by atoms with Gasteiger partial charge in [-0.15, -0.1) is 0 Å². The Bertz CT molecular complexity index is 243. The number of hydrogen-bond acceptors (Lipinski definition) is 2. The Balaban J connectivity index is 2.60. The standard InChI is InChI=1S/C9H13F3N2/c1-7-3-2-4-8(7,5-13)14-6-9(10,11)12/h7,14H,2-4,6H2,1H3. The fourth-order valence-corrected chi connectivity index (χ4v) is 1.91. The number of alkyl halides is 3. The predicted octanol–water partition coefficient (Wildman–Crippen LogP) is 2.22. The van der Waals surface area contributed by atoms with E-state index in [-0.39, 0.29) is 5.92 Å². The van der Waals surface area contributed by atoms with Crippen LogP contribution in [0.5, 0.6) is 0 Å². The molecule has 0 aromatic carbocycles. The van der Waals surface area contributed by atoms with Crippen LogP contribution in [-0.2, 0) is 0 Å². The highest BCUT2D eigenvalue weighted by atomic mass is 19.4. The van der Waals surface area contributed by atoms with Gasteiger partial charge in [0, 0.05) is 0 Å². The summed E-state index contributed by atoms with van der Waals surface area (Å²) in [5, 5.41) is 11.3. The minimum absolute atomic E-state index is 0.00477. The molecule has 2 unspecified atom stereocenters. The smallest absolute Gasteiger partial charge is 0.291 e. The predicted molar refractivity (Wildman–Crippen MR) is 45.4 cm³/mol. The Kier molecular flexibility index (Phi) is 3.05. The Morgan fingerprint density at radius 2 is 2.21 bits per heavy atom. The van der Waals surface area contributed by atoms with E-state index in [2.05, 4.69) is 5.32 Å². The lowest BCUT2D eigenvalue weighted by Crippen LogP contribution is -2.49. The van der Waals surface area contributed by atoms with Crippen LogP contribution >= 0.6 is 0 Å². The molecule has 0 aliphatic heterocycles. The van der Waals surface area contributed by atoms with Gasteiger partial charge in [0.05, 0.1) is 12.6 Å². The Labute approximate surface area is 81.1 Å². The van der Waals surface area contributed by atoms with Crippen LogP contribution < -0.4 is 5.32 Å². The zero-order valence-electron chi connectivity index (χ0n) is 7.99. The van der Waals surface area contributed by atoms with Crippen LogP contribution in [0.4, 0.5) is 13.2 Å². The van der Waals surface area contributed by atoms with Gasteiger partial charge in [0.1, 0.15) is 5.54 Å². The Morgan fingerprint density at radius 1 is 1.57 bits per heavy atom. The molecular weight excluding hydrogens is 193 g/mol. The molecule has 1 rings (SSSR count). The van der Waals surface area contributed by atoms with Crippen molar-refractivity contribution in [2.45, 2.75) is 37.9 Å². The van der Waals surface area contributed by atoms with Crippen molar-refractivity contribution in [2.75, 3.05) is 6.54 Å². The van der Waals surface area contributed by atoms with Crippen molar-refractivity contribution in [3.05, 3.63) is 0 Å². The summed E-state index contributed by atoms with van der Waals surface area (Å²) < 4.78 is 35.9. The highest BCUT2D eigenvalue weighted by molar-refractivity contribution is 5.13. The first kappa shape index (κ1) is 11.3. The quantitative estimate of drug-likeness (QED) is 0.752. The summed E-state index contributed by atoms with van der Waals surface area (Å²) in [5.74, 6) is -0.00477. The first-order chi connectivity index (χ1) is 6.40. The van der Waals surface area contributed by atoms with Gasteiger partial charge in [0.25, 0.3) is 0 Å². The van der Waals surface area contributed by atoms with Gasteiger partial charge >= 0.3 is 6.18 Å². The summed E-state index contributed by atoms with van der Waals surface area (Å²) in [7, 11) is 0. The molecule has 0 bridgehead atoms. The molecule has 0 aromatic rings. The number of rotatable bonds is 2. The fraction of sp³-hybridized carbons (Fsp3) is 0.889. The molecule has 1 fully saturated rings. The number of halogens is 3. The summed E-state index contributed by atoms with van der Waals surface area (Å²) in [4.78, 5) is 0. The van der Waals surface area contributed by atoms with Crippen molar-refractivity contribution >= 4 is 0 Å². The summed E-state index contributed by atoms with van der Waals surface area (Å²) in [6.07, 6.45) is -2.09. The van der Waals surface area contributed by atoms with Gasteiger partial charge in [-0.2, -0.15) is 18.4 Å². The third-order valence-electron chi connectivity index (χ3n) is 2.85. The van der Waals surface area contributed by atoms with Crippen molar-refractivity contribution in [3.8, 4) is 6.07 Å². The van der Waals surface area contributed by atoms with Crippen LogP contribution in [-0.4, -0.2) is 18.3 Å². The normalized spacial score (nSPS) is 32.9. The van der Waals surface area contributed by atoms with Gasteiger partial charge < -0.3 is 0 Å². The van der Waals surface area contributed by atoms with E-state index in [0.29, 0.717) is 6.42 Å². The lowest BCUT2D eigenvalue weighted by molar-refractivity contribution is -0.128. The molecular formula is C9H13F3N2. The molecule has 1 aliphatic carbocycles. The molecule has 1 N–H and O–H groups in total. The Morgan fingerprint density at radius 3 is 2.57 bits per heavy atom. The maximum Gasteiger partial charge on any atom is 0.401 e. The van der Waals surface area contributed by atoms with Crippen molar-refractivity contribution in [1.29, 1.82) is 5.26 Å². The van der Waals surface area contributed by atoms with Crippen LogP contribution in [0.2, 0.25) is 0 Å². The fourth-order valence-electron chi connectivity index (χ4n) is 1.91. The van der Waals surface area contributed by atoms with Crippen molar-refractivity contribution in [3.63, 3.8) is 0 Å². The van der Waals surface area contributed by atoms with Crippen molar-refractivity contribution in [1.82, 2.24) is 5.32 Å². The third kappa shape index (κ3) is 2.38. The highest BCUT2D eigenvalue weighted by Gasteiger charge is 2.42. The van der Waals surface area contributed by atoms with Gasteiger partial charge in [-0.25, -0.2) is 0 Å². The maximum atomic E-state index is 12.0. The third-order valence-corrected chi connectivity index (χ3v) is 2.85. The number of nitriles is 1. The van der Waals surface area contributed by atoms with E-state index in [1.165, 1.54) is 0 Å². The summed E-state index contributed by atoms with van der Waals surface area (Å²) in [5.41, 5.74) is -0.963. The largest absolute Gasteiger partial charge is 0.401 e. The molecule has 1 aliphatic rings. The minimum atomic E-state index is -4.24. The maximum absolute atomic E-state index is 12.0. The van der Waals surface area contributed by atoms with Gasteiger partial charge in [-0.3, -0.25) is 5.32 Å². The first-order valence-corrected chi connectivity index (χ1v) is 4.63. The second kappa shape index (κ2) is 3.77. The average Bonchev–Trinajstić information content (AvgIpc) is 2.43. The lowest BCUT2D eigenvalue weighted by Gasteiger charge is -2.27. The first-order valence-electron chi connectivity index (χ1n) is 4.63.